The normalized spacial score (nSPS) is 24.1. The second kappa shape index (κ2) is 10.3. The van der Waals surface area contributed by atoms with Crippen LogP contribution in [0.2, 0.25) is 0 Å². The van der Waals surface area contributed by atoms with E-state index in [9.17, 15) is 27.2 Å². The number of likely N-dealkylation sites (tertiary alicyclic amines) is 2. The smallest absolute Gasteiger partial charge is 0.403 e. The topological polar surface area (TPSA) is 49.9 Å². The number of piperidine rings is 1. The van der Waals surface area contributed by atoms with Crippen molar-refractivity contribution < 1.29 is 31.9 Å². The molecule has 3 fully saturated rings. The van der Waals surface area contributed by atoms with Gasteiger partial charge in [0.05, 0.1) is 6.61 Å². The largest absolute Gasteiger partial charge is 0.490 e. The first-order valence-corrected chi connectivity index (χ1v) is 13.4. The Morgan fingerprint density at radius 3 is 2.27 bits per heavy atom. The Bertz CT molecular complexity index is 1050. The van der Waals surface area contributed by atoms with Crippen LogP contribution in [0.25, 0.3) is 0 Å². The predicted octanol–water partition coefficient (Wildman–Crippen LogP) is 5.60. The minimum atomic E-state index is -4.49. The summed E-state index contributed by atoms with van der Waals surface area (Å²) in [6.45, 7) is 2.47. The van der Waals surface area contributed by atoms with Crippen LogP contribution in [0.3, 0.4) is 0 Å². The predicted molar refractivity (Wildman–Crippen MR) is 129 cm³/mol. The molecule has 0 N–H and O–H groups in total. The van der Waals surface area contributed by atoms with E-state index in [0.29, 0.717) is 25.7 Å². The molecule has 1 unspecified atom stereocenters. The van der Waals surface area contributed by atoms with Crippen molar-refractivity contribution in [3.63, 3.8) is 0 Å². The fourth-order valence-electron chi connectivity index (χ4n) is 5.90. The number of allylic oxidation sites excluding steroid dienone is 1. The van der Waals surface area contributed by atoms with Gasteiger partial charge in [0.25, 0.3) is 0 Å². The number of carbonyl (C=O) groups excluding carboxylic acids is 2. The first kappa shape index (κ1) is 26.0. The highest BCUT2D eigenvalue weighted by Crippen LogP contribution is 2.58. The summed E-state index contributed by atoms with van der Waals surface area (Å²) >= 11 is 0. The fourth-order valence-corrected chi connectivity index (χ4v) is 5.90. The van der Waals surface area contributed by atoms with Gasteiger partial charge in [-0.1, -0.05) is 12.1 Å². The molecular formula is C28H34F4N2O3. The van der Waals surface area contributed by atoms with Crippen LogP contribution in [0.5, 0.6) is 5.75 Å². The van der Waals surface area contributed by atoms with E-state index in [4.69, 9.17) is 4.74 Å². The van der Waals surface area contributed by atoms with E-state index in [1.165, 1.54) is 11.0 Å². The molecule has 0 radical (unpaired) electrons. The molecule has 5 rings (SSSR count). The summed E-state index contributed by atoms with van der Waals surface area (Å²) in [5.74, 6) is -0.716. The molecule has 2 amide bonds. The second-order valence-electron chi connectivity index (χ2n) is 11.0. The molecule has 1 aromatic carbocycles. The summed E-state index contributed by atoms with van der Waals surface area (Å²) in [5.41, 5.74) is -0.406. The van der Waals surface area contributed by atoms with Crippen LogP contribution in [0, 0.1) is 17.2 Å². The van der Waals surface area contributed by atoms with Crippen molar-refractivity contribution in [1.82, 2.24) is 9.80 Å². The highest BCUT2D eigenvalue weighted by atomic mass is 19.4. The molecular weight excluding hydrogens is 488 g/mol. The first-order chi connectivity index (χ1) is 17.7. The Labute approximate surface area is 214 Å². The molecule has 202 valence electrons. The van der Waals surface area contributed by atoms with E-state index >= 15 is 0 Å². The molecule has 37 heavy (non-hydrogen) atoms. The van der Waals surface area contributed by atoms with Gasteiger partial charge in [0.2, 0.25) is 11.8 Å². The maximum atomic E-state index is 14.8. The standard InChI is InChI=1S/C28H34F4N2O3/c29-23-17-22(20-3-5-21(6-4-20)25(35)33-13-1-2-14-33)7-8-24(23)37-18-19-9-15-34(16-10-19)26(36)27(11-12-27)28(30,31)32/h5,7-8,17,19-20H,1-4,6,9-16,18H2. The summed E-state index contributed by atoms with van der Waals surface area (Å²) in [6, 6.07) is 5.02. The van der Waals surface area contributed by atoms with E-state index in [0.717, 1.165) is 43.5 Å². The van der Waals surface area contributed by atoms with E-state index < -0.39 is 23.3 Å². The zero-order valence-electron chi connectivity index (χ0n) is 21.0. The Kier molecular flexibility index (Phi) is 7.24. The fraction of sp³-hybridized carbons (Fsp3) is 0.643. The summed E-state index contributed by atoms with van der Waals surface area (Å²) in [6.07, 6.45) is 2.69. The minimum Gasteiger partial charge on any atom is -0.490 e. The van der Waals surface area contributed by atoms with Gasteiger partial charge in [0.15, 0.2) is 11.6 Å². The third kappa shape index (κ3) is 5.36. The lowest BCUT2D eigenvalue weighted by molar-refractivity contribution is -0.199. The van der Waals surface area contributed by atoms with Crippen LogP contribution in [0.15, 0.2) is 29.8 Å². The minimum absolute atomic E-state index is 0.0548. The molecule has 2 aliphatic heterocycles. The lowest BCUT2D eigenvalue weighted by Gasteiger charge is -2.34. The van der Waals surface area contributed by atoms with Gasteiger partial charge in [-0.05, 0) is 87.3 Å². The number of carbonyl (C=O) groups is 2. The van der Waals surface area contributed by atoms with E-state index in [2.05, 4.69) is 0 Å². The molecule has 4 aliphatic rings. The summed E-state index contributed by atoms with van der Waals surface area (Å²) < 4.78 is 60.3. The third-order valence-electron chi connectivity index (χ3n) is 8.58. The van der Waals surface area contributed by atoms with Crippen molar-refractivity contribution in [2.45, 2.75) is 69.9 Å². The molecule has 0 aromatic heterocycles. The van der Waals surface area contributed by atoms with Crippen molar-refractivity contribution in [3.8, 4) is 5.75 Å². The maximum Gasteiger partial charge on any atom is 0.403 e. The number of ether oxygens (including phenoxy) is 1. The van der Waals surface area contributed by atoms with E-state index in [-0.39, 0.29) is 56.0 Å². The van der Waals surface area contributed by atoms with Gasteiger partial charge in [0, 0.05) is 31.8 Å². The summed E-state index contributed by atoms with van der Waals surface area (Å²) in [4.78, 5) is 28.3. The molecule has 5 nitrogen and oxygen atoms in total. The molecule has 2 heterocycles. The SMILES string of the molecule is O=C(C1=CCC(c2ccc(OCC3CCN(C(=O)C4(C(F)(F)F)CC4)CC3)c(F)c2)CC1)N1CCCC1. The Hall–Kier alpha value is -2.58. The lowest BCUT2D eigenvalue weighted by Crippen LogP contribution is -2.47. The molecule has 1 atom stereocenters. The van der Waals surface area contributed by atoms with Gasteiger partial charge in [-0.3, -0.25) is 9.59 Å². The van der Waals surface area contributed by atoms with Gasteiger partial charge in [-0.25, -0.2) is 4.39 Å². The van der Waals surface area contributed by atoms with Crippen LogP contribution in [0.1, 0.15) is 69.3 Å². The van der Waals surface area contributed by atoms with Crippen LogP contribution in [-0.2, 0) is 9.59 Å². The van der Waals surface area contributed by atoms with Crippen LogP contribution in [-0.4, -0.2) is 60.6 Å². The van der Waals surface area contributed by atoms with E-state index in [1.807, 2.05) is 17.0 Å². The van der Waals surface area contributed by atoms with Crippen molar-refractivity contribution in [2.24, 2.45) is 11.3 Å². The number of halogens is 4. The first-order valence-electron chi connectivity index (χ1n) is 13.4. The monoisotopic (exact) mass is 522 g/mol. The van der Waals surface area contributed by atoms with Crippen molar-refractivity contribution in [1.29, 1.82) is 0 Å². The number of alkyl halides is 3. The Morgan fingerprint density at radius 1 is 1.00 bits per heavy atom. The van der Waals surface area contributed by atoms with Gasteiger partial charge in [0.1, 0.15) is 5.41 Å². The Balaban J connectivity index is 1.09. The molecule has 1 aromatic rings. The van der Waals surface area contributed by atoms with Gasteiger partial charge in [-0.2, -0.15) is 13.2 Å². The summed E-state index contributed by atoms with van der Waals surface area (Å²) in [5, 5.41) is 0. The van der Waals surface area contributed by atoms with Crippen molar-refractivity contribution >= 4 is 11.8 Å². The van der Waals surface area contributed by atoms with Crippen LogP contribution < -0.4 is 4.74 Å². The number of amides is 2. The van der Waals surface area contributed by atoms with Gasteiger partial charge in [-0.15, -0.1) is 0 Å². The number of benzene rings is 1. The molecule has 1 saturated carbocycles. The molecule has 0 spiro atoms. The molecule has 2 saturated heterocycles. The average molecular weight is 523 g/mol. The quantitative estimate of drug-likeness (QED) is 0.457. The lowest BCUT2D eigenvalue weighted by atomic mass is 9.84. The maximum absolute atomic E-state index is 14.8. The highest BCUT2D eigenvalue weighted by molar-refractivity contribution is 5.93. The summed E-state index contributed by atoms with van der Waals surface area (Å²) in [7, 11) is 0. The number of rotatable bonds is 6. The van der Waals surface area contributed by atoms with Crippen molar-refractivity contribution in [2.75, 3.05) is 32.8 Å². The molecule has 0 bridgehead atoms. The third-order valence-corrected chi connectivity index (χ3v) is 8.58. The number of nitrogens with zero attached hydrogens (tertiary/aromatic N) is 2. The zero-order chi connectivity index (χ0) is 26.2. The number of hydrogen-bond acceptors (Lipinski definition) is 3. The zero-order valence-corrected chi connectivity index (χ0v) is 21.0. The van der Waals surface area contributed by atoms with Gasteiger partial charge < -0.3 is 14.5 Å². The average Bonchev–Trinajstić information content (AvgIpc) is 3.55. The van der Waals surface area contributed by atoms with Crippen molar-refractivity contribution in [3.05, 3.63) is 41.2 Å². The van der Waals surface area contributed by atoms with E-state index in [1.54, 1.807) is 6.07 Å². The van der Waals surface area contributed by atoms with Crippen LogP contribution in [0.4, 0.5) is 17.6 Å². The molecule has 9 heteroatoms. The Morgan fingerprint density at radius 2 is 1.70 bits per heavy atom. The highest BCUT2D eigenvalue weighted by Gasteiger charge is 2.69. The molecule has 2 aliphatic carbocycles. The number of hydrogen-bond donors (Lipinski definition) is 0. The van der Waals surface area contributed by atoms with Gasteiger partial charge >= 0.3 is 6.18 Å². The second-order valence-corrected chi connectivity index (χ2v) is 11.0. The van der Waals surface area contributed by atoms with Crippen LogP contribution >= 0.6 is 0 Å².